The van der Waals surface area contributed by atoms with E-state index in [4.69, 9.17) is 0 Å². The molecule has 1 aliphatic heterocycles. The summed E-state index contributed by atoms with van der Waals surface area (Å²) in [7, 11) is 0. The monoisotopic (exact) mass is 255 g/mol. The first kappa shape index (κ1) is 13.8. The van der Waals surface area contributed by atoms with Gasteiger partial charge < -0.3 is 15.7 Å². The van der Waals surface area contributed by atoms with Gasteiger partial charge in [0.05, 0.1) is 13.2 Å². The summed E-state index contributed by atoms with van der Waals surface area (Å²) < 4.78 is 0. The third kappa shape index (κ3) is 3.67. The van der Waals surface area contributed by atoms with Crippen molar-refractivity contribution in [3.8, 4) is 0 Å². The summed E-state index contributed by atoms with van der Waals surface area (Å²) in [4.78, 5) is 14.0. The molecule has 0 spiro atoms. The molecule has 0 aromatic carbocycles. The number of nitrogens with zero attached hydrogens (tertiary/aromatic N) is 1. The number of rotatable bonds is 5. The minimum Gasteiger partial charge on any atom is -0.396 e. The van der Waals surface area contributed by atoms with Gasteiger partial charge in [0.25, 0.3) is 0 Å². The Kier molecular flexibility index (Phi) is 4.97. The van der Waals surface area contributed by atoms with Crippen LogP contribution in [0.1, 0.15) is 25.7 Å². The SMILES string of the molecule is O=C(CN1CCNCC1)NCC1(CO)CCCC1. The average molecular weight is 255 g/mol. The lowest BCUT2D eigenvalue weighted by Gasteiger charge is -2.29. The molecule has 0 aromatic heterocycles. The zero-order valence-corrected chi connectivity index (χ0v) is 11.1. The van der Waals surface area contributed by atoms with Crippen LogP contribution in [0.3, 0.4) is 0 Å². The fourth-order valence-electron chi connectivity index (χ4n) is 2.93. The van der Waals surface area contributed by atoms with Crippen LogP contribution < -0.4 is 10.6 Å². The molecule has 3 N–H and O–H groups in total. The molecule has 0 aromatic rings. The highest BCUT2D eigenvalue weighted by atomic mass is 16.3. The van der Waals surface area contributed by atoms with E-state index in [0.29, 0.717) is 13.1 Å². The van der Waals surface area contributed by atoms with Crippen molar-refractivity contribution in [2.45, 2.75) is 25.7 Å². The summed E-state index contributed by atoms with van der Waals surface area (Å²) in [5.74, 6) is 0.0941. The first-order chi connectivity index (χ1) is 8.74. The minimum absolute atomic E-state index is 0.0425. The molecule has 1 amide bonds. The molecule has 0 radical (unpaired) electrons. The predicted octanol–water partition coefficient (Wildman–Crippen LogP) is -0.439. The van der Waals surface area contributed by atoms with Crippen molar-refractivity contribution >= 4 is 5.91 Å². The van der Waals surface area contributed by atoms with E-state index in [1.165, 1.54) is 12.8 Å². The molecule has 1 saturated heterocycles. The van der Waals surface area contributed by atoms with Crippen LogP contribution in [-0.4, -0.2) is 61.8 Å². The van der Waals surface area contributed by atoms with Crippen LogP contribution in [0.2, 0.25) is 0 Å². The molecule has 0 unspecified atom stereocenters. The molecular weight excluding hydrogens is 230 g/mol. The van der Waals surface area contributed by atoms with E-state index >= 15 is 0 Å². The van der Waals surface area contributed by atoms with Crippen molar-refractivity contribution in [2.75, 3.05) is 45.9 Å². The lowest BCUT2D eigenvalue weighted by atomic mass is 9.87. The second-order valence-corrected chi connectivity index (χ2v) is 5.67. The number of amides is 1. The standard InChI is InChI=1S/C13H25N3O2/c17-11-13(3-1-2-4-13)10-15-12(18)9-16-7-5-14-6-8-16/h14,17H,1-11H2,(H,15,18). The van der Waals surface area contributed by atoms with Crippen LogP contribution in [-0.2, 0) is 4.79 Å². The number of nitrogens with one attached hydrogen (secondary N) is 2. The van der Waals surface area contributed by atoms with Crippen molar-refractivity contribution in [1.82, 2.24) is 15.5 Å². The van der Waals surface area contributed by atoms with Gasteiger partial charge in [-0.25, -0.2) is 0 Å². The van der Waals surface area contributed by atoms with Gasteiger partial charge in [-0.3, -0.25) is 9.69 Å². The number of piperazine rings is 1. The molecule has 2 rings (SSSR count). The fraction of sp³-hybridized carbons (Fsp3) is 0.923. The smallest absolute Gasteiger partial charge is 0.234 e. The van der Waals surface area contributed by atoms with Crippen molar-refractivity contribution in [3.05, 3.63) is 0 Å². The molecule has 0 atom stereocenters. The fourth-order valence-corrected chi connectivity index (χ4v) is 2.93. The summed E-state index contributed by atoms with van der Waals surface area (Å²) in [5.41, 5.74) is -0.0425. The summed E-state index contributed by atoms with van der Waals surface area (Å²) in [5, 5.41) is 15.8. The van der Waals surface area contributed by atoms with Gasteiger partial charge in [0.2, 0.25) is 5.91 Å². The summed E-state index contributed by atoms with van der Waals surface area (Å²) in [6.45, 7) is 5.14. The molecule has 1 heterocycles. The molecule has 5 nitrogen and oxygen atoms in total. The number of carbonyl (C=O) groups is 1. The van der Waals surface area contributed by atoms with E-state index in [2.05, 4.69) is 15.5 Å². The molecular formula is C13H25N3O2. The second kappa shape index (κ2) is 6.50. The Labute approximate surface area is 109 Å². The lowest BCUT2D eigenvalue weighted by Crippen LogP contribution is -2.49. The first-order valence-corrected chi connectivity index (χ1v) is 7.05. The van der Waals surface area contributed by atoms with Crippen molar-refractivity contribution < 1.29 is 9.90 Å². The van der Waals surface area contributed by atoms with Crippen LogP contribution in [0, 0.1) is 5.41 Å². The molecule has 1 aliphatic carbocycles. The quantitative estimate of drug-likeness (QED) is 0.623. The molecule has 2 fully saturated rings. The number of aliphatic hydroxyl groups excluding tert-OH is 1. The number of hydrogen-bond acceptors (Lipinski definition) is 4. The maximum Gasteiger partial charge on any atom is 0.234 e. The van der Waals surface area contributed by atoms with Gasteiger partial charge in [0, 0.05) is 38.1 Å². The summed E-state index contributed by atoms with van der Waals surface area (Å²) in [6.07, 6.45) is 4.43. The van der Waals surface area contributed by atoms with E-state index in [0.717, 1.165) is 39.0 Å². The van der Waals surface area contributed by atoms with Crippen LogP contribution in [0.15, 0.2) is 0 Å². The normalized spacial score (nSPS) is 24.1. The highest BCUT2D eigenvalue weighted by Crippen LogP contribution is 2.36. The van der Waals surface area contributed by atoms with Gasteiger partial charge in [-0.05, 0) is 12.8 Å². The summed E-state index contributed by atoms with van der Waals surface area (Å²) in [6, 6.07) is 0. The van der Waals surface area contributed by atoms with Crippen LogP contribution in [0.25, 0.3) is 0 Å². The van der Waals surface area contributed by atoms with Gasteiger partial charge in [0.1, 0.15) is 0 Å². The van der Waals surface area contributed by atoms with E-state index < -0.39 is 0 Å². The van der Waals surface area contributed by atoms with E-state index in [-0.39, 0.29) is 17.9 Å². The minimum atomic E-state index is -0.0425. The summed E-state index contributed by atoms with van der Waals surface area (Å²) >= 11 is 0. The Morgan fingerprint density at radius 3 is 2.56 bits per heavy atom. The molecule has 2 aliphatic rings. The van der Waals surface area contributed by atoms with Gasteiger partial charge in [-0.15, -0.1) is 0 Å². The Morgan fingerprint density at radius 2 is 1.94 bits per heavy atom. The van der Waals surface area contributed by atoms with Gasteiger partial charge in [-0.2, -0.15) is 0 Å². The predicted molar refractivity (Wildman–Crippen MR) is 70.3 cm³/mol. The second-order valence-electron chi connectivity index (χ2n) is 5.67. The molecule has 104 valence electrons. The van der Waals surface area contributed by atoms with E-state index in [1.54, 1.807) is 0 Å². The van der Waals surface area contributed by atoms with Crippen molar-refractivity contribution in [2.24, 2.45) is 5.41 Å². The Morgan fingerprint density at radius 1 is 1.28 bits per heavy atom. The first-order valence-electron chi connectivity index (χ1n) is 7.05. The van der Waals surface area contributed by atoms with E-state index in [1.807, 2.05) is 0 Å². The number of aliphatic hydroxyl groups is 1. The topological polar surface area (TPSA) is 64.6 Å². The van der Waals surface area contributed by atoms with Gasteiger partial charge in [-0.1, -0.05) is 12.8 Å². The Hall–Kier alpha value is -0.650. The zero-order valence-electron chi connectivity index (χ0n) is 11.1. The van der Waals surface area contributed by atoms with Gasteiger partial charge >= 0.3 is 0 Å². The largest absolute Gasteiger partial charge is 0.396 e. The van der Waals surface area contributed by atoms with Crippen LogP contribution >= 0.6 is 0 Å². The van der Waals surface area contributed by atoms with E-state index in [9.17, 15) is 9.90 Å². The number of carbonyl (C=O) groups excluding carboxylic acids is 1. The Bertz CT molecular complexity index is 271. The highest BCUT2D eigenvalue weighted by Gasteiger charge is 2.33. The van der Waals surface area contributed by atoms with Crippen LogP contribution in [0.5, 0.6) is 0 Å². The van der Waals surface area contributed by atoms with Crippen molar-refractivity contribution in [1.29, 1.82) is 0 Å². The molecule has 18 heavy (non-hydrogen) atoms. The molecule has 1 saturated carbocycles. The maximum atomic E-state index is 11.9. The maximum absolute atomic E-state index is 11.9. The molecule has 0 bridgehead atoms. The van der Waals surface area contributed by atoms with Crippen LogP contribution in [0.4, 0.5) is 0 Å². The van der Waals surface area contributed by atoms with Gasteiger partial charge in [0.15, 0.2) is 0 Å². The lowest BCUT2D eigenvalue weighted by molar-refractivity contribution is -0.123. The molecule has 5 heteroatoms. The third-order valence-corrected chi connectivity index (χ3v) is 4.24. The number of hydrogen-bond donors (Lipinski definition) is 3. The van der Waals surface area contributed by atoms with Crippen molar-refractivity contribution in [3.63, 3.8) is 0 Å². The Balaban J connectivity index is 1.70. The highest BCUT2D eigenvalue weighted by molar-refractivity contribution is 5.78. The average Bonchev–Trinajstić information content (AvgIpc) is 2.87. The third-order valence-electron chi connectivity index (χ3n) is 4.24. The zero-order chi connectivity index (χ0) is 12.8.